The quantitative estimate of drug-likeness (QED) is 0.488. The van der Waals surface area contributed by atoms with Crippen molar-refractivity contribution >= 4 is 12.4 Å². The number of tetrazole rings is 1. The van der Waals surface area contributed by atoms with E-state index >= 15 is 0 Å². The summed E-state index contributed by atoms with van der Waals surface area (Å²) in [4.78, 5) is 4.95. The number of nitrogens with zero attached hydrogens (tertiary/aromatic N) is 6. The van der Waals surface area contributed by atoms with Crippen molar-refractivity contribution < 1.29 is 9.47 Å². The molecule has 0 spiro atoms. The molecule has 0 bridgehead atoms. The fraction of sp³-hybridized carbons (Fsp3) is 0.435. The third-order valence-corrected chi connectivity index (χ3v) is 5.79. The lowest BCUT2D eigenvalue weighted by molar-refractivity contribution is 0.0983. The van der Waals surface area contributed by atoms with Gasteiger partial charge in [0.05, 0.1) is 26.3 Å². The van der Waals surface area contributed by atoms with E-state index in [2.05, 4.69) is 61.7 Å². The summed E-state index contributed by atoms with van der Waals surface area (Å²) in [5.41, 5.74) is 2.43. The second-order valence-corrected chi connectivity index (χ2v) is 7.69. The van der Waals surface area contributed by atoms with Crippen LogP contribution in [-0.2, 0) is 17.8 Å². The number of ether oxygens (including phenoxy) is 2. The maximum absolute atomic E-state index is 5.53. The average Bonchev–Trinajstić information content (AvgIpc) is 3.28. The van der Waals surface area contributed by atoms with Gasteiger partial charge in [-0.2, -0.15) is 0 Å². The molecule has 32 heavy (non-hydrogen) atoms. The maximum Gasteiger partial charge on any atom is 0.173 e. The van der Waals surface area contributed by atoms with Crippen LogP contribution in [0.1, 0.15) is 23.0 Å². The molecule has 0 aliphatic carbocycles. The molecule has 1 aliphatic rings. The van der Waals surface area contributed by atoms with Gasteiger partial charge in [0, 0.05) is 45.4 Å². The summed E-state index contributed by atoms with van der Waals surface area (Å²) in [6.45, 7) is 5.92. The van der Waals surface area contributed by atoms with Gasteiger partial charge in [-0.15, -0.1) is 17.5 Å². The van der Waals surface area contributed by atoms with Crippen molar-refractivity contribution in [3.8, 4) is 5.75 Å². The van der Waals surface area contributed by atoms with Crippen LogP contribution in [0.3, 0.4) is 0 Å². The van der Waals surface area contributed by atoms with E-state index in [0.29, 0.717) is 13.2 Å². The van der Waals surface area contributed by atoms with Crippen LogP contribution in [0.2, 0.25) is 0 Å². The molecule has 1 unspecified atom stereocenters. The third-order valence-electron chi connectivity index (χ3n) is 5.79. The van der Waals surface area contributed by atoms with Crippen LogP contribution in [0.15, 0.2) is 54.6 Å². The van der Waals surface area contributed by atoms with Gasteiger partial charge in [0.2, 0.25) is 0 Å². The molecule has 0 radical (unpaired) electrons. The number of aromatic nitrogens is 4. The molecule has 0 amide bonds. The molecule has 1 atom stereocenters. The number of rotatable bonds is 9. The lowest BCUT2D eigenvalue weighted by atomic mass is 10.0. The Balaban J connectivity index is 0.00000289. The van der Waals surface area contributed by atoms with E-state index in [9.17, 15) is 0 Å². The molecule has 1 aromatic heterocycles. The Bertz CT molecular complexity index is 946. The summed E-state index contributed by atoms with van der Waals surface area (Å²) in [6, 6.07) is 18.8. The molecule has 1 fully saturated rings. The fourth-order valence-electron chi connectivity index (χ4n) is 4.16. The number of piperazine rings is 1. The Labute approximate surface area is 195 Å². The Kier molecular flexibility index (Phi) is 8.99. The van der Waals surface area contributed by atoms with Gasteiger partial charge < -0.3 is 9.47 Å². The molecule has 2 aromatic carbocycles. The molecular formula is C23H31ClN6O2. The average molecular weight is 459 g/mol. The fourth-order valence-corrected chi connectivity index (χ4v) is 4.16. The molecule has 4 rings (SSSR count). The van der Waals surface area contributed by atoms with E-state index in [1.54, 1.807) is 14.2 Å². The van der Waals surface area contributed by atoms with Crippen molar-refractivity contribution in [3.05, 3.63) is 71.5 Å². The zero-order chi connectivity index (χ0) is 21.5. The zero-order valence-corrected chi connectivity index (χ0v) is 19.4. The molecule has 2 heterocycles. The molecule has 0 N–H and O–H groups in total. The van der Waals surface area contributed by atoms with E-state index in [1.807, 2.05) is 22.9 Å². The predicted octanol–water partition coefficient (Wildman–Crippen LogP) is 2.66. The van der Waals surface area contributed by atoms with Crippen LogP contribution in [-0.4, -0.2) is 77.0 Å². The van der Waals surface area contributed by atoms with Crippen molar-refractivity contribution in [1.82, 2.24) is 30.0 Å². The Morgan fingerprint density at radius 1 is 0.938 bits per heavy atom. The first-order valence-corrected chi connectivity index (χ1v) is 10.7. The van der Waals surface area contributed by atoms with Gasteiger partial charge in [-0.25, -0.2) is 4.68 Å². The minimum Gasteiger partial charge on any atom is -0.496 e. The van der Waals surface area contributed by atoms with E-state index in [4.69, 9.17) is 9.47 Å². The lowest BCUT2D eigenvalue weighted by Crippen LogP contribution is -2.48. The third kappa shape index (κ3) is 5.63. The van der Waals surface area contributed by atoms with Crippen LogP contribution >= 0.6 is 12.4 Å². The molecule has 1 aliphatic heterocycles. The molecule has 0 saturated carbocycles. The van der Waals surface area contributed by atoms with Crippen molar-refractivity contribution in [2.75, 3.05) is 47.0 Å². The van der Waals surface area contributed by atoms with Crippen LogP contribution in [0, 0.1) is 0 Å². The highest BCUT2D eigenvalue weighted by Crippen LogP contribution is 2.28. The first-order chi connectivity index (χ1) is 15.3. The van der Waals surface area contributed by atoms with E-state index < -0.39 is 0 Å². The lowest BCUT2D eigenvalue weighted by Gasteiger charge is -2.39. The van der Waals surface area contributed by atoms with Crippen LogP contribution in [0.5, 0.6) is 5.75 Å². The number of halogens is 1. The van der Waals surface area contributed by atoms with Gasteiger partial charge in [-0.1, -0.05) is 48.5 Å². The molecular weight excluding hydrogens is 428 g/mol. The molecule has 8 nitrogen and oxygen atoms in total. The summed E-state index contributed by atoms with van der Waals surface area (Å²) in [7, 11) is 3.43. The SMILES string of the molecule is COCCn1nnnc1C(c1ccccc1)N1CCN(Cc2ccccc2OC)CC1.Cl. The summed E-state index contributed by atoms with van der Waals surface area (Å²) in [6.07, 6.45) is 0. The predicted molar refractivity (Wildman–Crippen MR) is 125 cm³/mol. The first-order valence-electron chi connectivity index (χ1n) is 10.7. The Morgan fingerprint density at radius 3 is 2.38 bits per heavy atom. The molecule has 9 heteroatoms. The van der Waals surface area contributed by atoms with Gasteiger partial charge in [-0.3, -0.25) is 9.80 Å². The summed E-state index contributed by atoms with van der Waals surface area (Å²) in [5.74, 6) is 1.81. The monoisotopic (exact) mass is 458 g/mol. The first kappa shape index (κ1) is 24.1. The molecule has 172 valence electrons. The topological polar surface area (TPSA) is 68.5 Å². The smallest absolute Gasteiger partial charge is 0.173 e. The largest absolute Gasteiger partial charge is 0.496 e. The minimum atomic E-state index is 0. The summed E-state index contributed by atoms with van der Waals surface area (Å²) >= 11 is 0. The van der Waals surface area contributed by atoms with E-state index in [1.165, 1.54) is 11.1 Å². The van der Waals surface area contributed by atoms with Gasteiger partial charge in [0.15, 0.2) is 5.82 Å². The second-order valence-electron chi connectivity index (χ2n) is 7.69. The van der Waals surface area contributed by atoms with Crippen molar-refractivity contribution in [2.45, 2.75) is 19.1 Å². The Morgan fingerprint density at radius 2 is 1.66 bits per heavy atom. The van der Waals surface area contributed by atoms with Crippen LogP contribution in [0.4, 0.5) is 0 Å². The van der Waals surface area contributed by atoms with Crippen molar-refractivity contribution in [1.29, 1.82) is 0 Å². The zero-order valence-electron chi connectivity index (χ0n) is 18.6. The number of methoxy groups -OCH3 is 2. The highest BCUT2D eigenvalue weighted by atomic mass is 35.5. The van der Waals surface area contributed by atoms with Gasteiger partial charge in [0.1, 0.15) is 5.75 Å². The Hall–Kier alpha value is -2.52. The molecule has 1 saturated heterocycles. The van der Waals surface area contributed by atoms with E-state index in [-0.39, 0.29) is 18.4 Å². The van der Waals surface area contributed by atoms with Crippen molar-refractivity contribution in [2.24, 2.45) is 0 Å². The highest BCUT2D eigenvalue weighted by molar-refractivity contribution is 5.85. The van der Waals surface area contributed by atoms with E-state index in [0.717, 1.165) is 44.3 Å². The number of benzene rings is 2. The number of hydrogen-bond donors (Lipinski definition) is 0. The maximum atomic E-state index is 5.53. The van der Waals surface area contributed by atoms with Gasteiger partial charge in [-0.05, 0) is 22.1 Å². The van der Waals surface area contributed by atoms with Gasteiger partial charge in [0.25, 0.3) is 0 Å². The minimum absolute atomic E-state index is 0. The summed E-state index contributed by atoms with van der Waals surface area (Å²) in [5, 5.41) is 12.6. The van der Waals surface area contributed by atoms with Crippen molar-refractivity contribution in [3.63, 3.8) is 0 Å². The summed E-state index contributed by atoms with van der Waals surface area (Å²) < 4.78 is 12.6. The standard InChI is InChI=1S/C23H30N6O2.ClH/c1-30-17-16-29-23(24-25-26-29)22(19-8-4-3-5-9-19)28-14-12-27(13-15-28)18-20-10-6-7-11-21(20)31-2;/h3-11,22H,12-18H2,1-2H3;1H. The van der Waals surface area contributed by atoms with Gasteiger partial charge >= 0.3 is 0 Å². The number of hydrogen-bond acceptors (Lipinski definition) is 7. The normalized spacial score (nSPS) is 15.8. The second kappa shape index (κ2) is 11.9. The highest BCUT2D eigenvalue weighted by Gasteiger charge is 2.30. The van der Waals surface area contributed by atoms with Crippen LogP contribution < -0.4 is 4.74 Å². The van der Waals surface area contributed by atoms with Crippen LogP contribution in [0.25, 0.3) is 0 Å². The number of para-hydroxylation sites is 1. The molecule has 3 aromatic rings.